The number of piperidine rings is 1. The molecule has 0 bridgehead atoms. The monoisotopic (exact) mass is 433 g/mol. The fourth-order valence-corrected chi connectivity index (χ4v) is 3.88. The number of halogens is 2. The van der Waals surface area contributed by atoms with Crippen LogP contribution < -0.4 is 4.74 Å². The largest absolute Gasteiger partial charge is 0.486 e. The Morgan fingerprint density at radius 2 is 1.93 bits per heavy atom. The van der Waals surface area contributed by atoms with Crippen molar-refractivity contribution in [3.05, 3.63) is 64.4 Å². The summed E-state index contributed by atoms with van der Waals surface area (Å²) in [6, 6.07) is 13.0. The highest BCUT2D eigenvalue weighted by atomic mass is 35.5. The first-order valence-electron chi connectivity index (χ1n) is 10.3. The lowest BCUT2D eigenvalue weighted by Crippen LogP contribution is -2.48. The molecule has 0 saturated carbocycles. The Morgan fingerprint density at radius 1 is 1.23 bits per heavy atom. The van der Waals surface area contributed by atoms with E-state index in [0.29, 0.717) is 0 Å². The van der Waals surface area contributed by atoms with Crippen LogP contribution in [0.4, 0.5) is 4.39 Å². The Morgan fingerprint density at radius 3 is 2.60 bits per heavy atom. The summed E-state index contributed by atoms with van der Waals surface area (Å²) in [5.41, 5.74) is 0.283. The molecule has 2 aromatic carbocycles. The fraction of sp³-hybridized carbons (Fsp3) is 0.458. The van der Waals surface area contributed by atoms with Gasteiger partial charge in [-0.15, -0.1) is 0 Å². The zero-order valence-electron chi connectivity index (χ0n) is 18.0. The van der Waals surface area contributed by atoms with Crippen molar-refractivity contribution in [2.45, 2.75) is 64.8 Å². The van der Waals surface area contributed by atoms with E-state index in [1.807, 2.05) is 18.2 Å². The average Bonchev–Trinajstić information content (AvgIpc) is 2.67. The van der Waals surface area contributed by atoms with Gasteiger partial charge in [0.05, 0.1) is 0 Å². The maximum absolute atomic E-state index is 15.1. The van der Waals surface area contributed by atoms with Gasteiger partial charge in [0, 0.05) is 23.7 Å². The van der Waals surface area contributed by atoms with E-state index in [0.717, 1.165) is 25.9 Å². The van der Waals surface area contributed by atoms with Gasteiger partial charge in [0.25, 0.3) is 0 Å². The second-order valence-corrected chi connectivity index (χ2v) is 9.20. The molecule has 0 aromatic heterocycles. The lowest BCUT2D eigenvalue weighted by molar-refractivity contribution is 0.00597. The second kappa shape index (κ2) is 9.36. The minimum absolute atomic E-state index is 0.0122. The number of rotatable bonds is 5. The van der Waals surface area contributed by atoms with Crippen LogP contribution in [0.1, 0.15) is 56.5 Å². The Labute approximate surface area is 182 Å². The molecule has 1 aliphatic heterocycles. The average molecular weight is 434 g/mol. The SMILES string of the molecule is C[C@H]1[C@H](Oc2cc(Cl)cc(C(=O)OC(C)(C)C)c2F)CCCN1Cc1ccccc1. The molecule has 4 nitrogen and oxygen atoms in total. The number of carbonyl (C=O) groups is 1. The van der Waals surface area contributed by atoms with Crippen LogP contribution in [0.2, 0.25) is 5.02 Å². The van der Waals surface area contributed by atoms with Crippen LogP contribution in [0.3, 0.4) is 0 Å². The maximum atomic E-state index is 15.1. The standard InChI is InChI=1S/C24H29ClFNO3/c1-16-20(11-8-12-27(16)15-17-9-6-5-7-10-17)29-21-14-18(25)13-19(22(21)26)23(28)30-24(2,3)4/h5-7,9-10,13-14,16,20H,8,11-12,15H2,1-4H3/t16-,20+/m0/s1. The minimum Gasteiger partial charge on any atom is -0.486 e. The van der Waals surface area contributed by atoms with Gasteiger partial charge in [-0.1, -0.05) is 41.9 Å². The molecule has 1 aliphatic rings. The van der Waals surface area contributed by atoms with Gasteiger partial charge in [-0.2, -0.15) is 0 Å². The molecule has 0 amide bonds. The van der Waals surface area contributed by atoms with E-state index in [1.54, 1.807) is 20.8 Å². The van der Waals surface area contributed by atoms with Crippen LogP contribution in [0.25, 0.3) is 0 Å². The molecule has 0 spiro atoms. The molecule has 0 unspecified atom stereocenters. The molecule has 162 valence electrons. The van der Waals surface area contributed by atoms with E-state index in [2.05, 4.69) is 24.0 Å². The van der Waals surface area contributed by atoms with Crippen molar-refractivity contribution in [1.29, 1.82) is 0 Å². The lowest BCUT2D eigenvalue weighted by atomic mass is 9.99. The third-order valence-corrected chi connectivity index (χ3v) is 5.40. The van der Waals surface area contributed by atoms with Crippen LogP contribution in [-0.4, -0.2) is 35.2 Å². The van der Waals surface area contributed by atoms with Gasteiger partial charge in [-0.25, -0.2) is 9.18 Å². The van der Waals surface area contributed by atoms with Crippen molar-refractivity contribution in [2.75, 3.05) is 6.54 Å². The first-order valence-corrected chi connectivity index (χ1v) is 10.7. The summed E-state index contributed by atoms with van der Waals surface area (Å²) in [6.07, 6.45) is 1.55. The van der Waals surface area contributed by atoms with Crippen molar-refractivity contribution in [3.8, 4) is 5.75 Å². The normalized spacial score (nSPS) is 20.1. The number of hydrogen-bond acceptors (Lipinski definition) is 4. The first-order chi connectivity index (χ1) is 14.1. The predicted molar refractivity (Wildman–Crippen MR) is 117 cm³/mol. The Kier molecular flexibility index (Phi) is 7.04. The van der Waals surface area contributed by atoms with Gasteiger partial charge >= 0.3 is 5.97 Å². The lowest BCUT2D eigenvalue weighted by Gasteiger charge is -2.39. The highest BCUT2D eigenvalue weighted by Gasteiger charge is 2.31. The van der Waals surface area contributed by atoms with Crippen molar-refractivity contribution < 1.29 is 18.7 Å². The molecular weight excluding hydrogens is 405 g/mol. The van der Waals surface area contributed by atoms with Crippen molar-refractivity contribution >= 4 is 17.6 Å². The zero-order chi connectivity index (χ0) is 21.9. The summed E-state index contributed by atoms with van der Waals surface area (Å²) in [7, 11) is 0. The molecular formula is C24H29ClFNO3. The van der Waals surface area contributed by atoms with Crippen molar-refractivity contribution in [3.63, 3.8) is 0 Å². The summed E-state index contributed by atoms with van der Waals surface area (Å²) in [4.78, 5) is 14.7. The molecule has 2 aromatic rings. The van der Waals surface area contributed by atoms with Gasteiger partial charge in [-0.3, -0.25) is 4.90 Å². The van der Waals surface area contributed by atoms with Crippen LogP contribution in [0.5, 0.6) is 5.75 Å². The highest BCUT2D eigenvalue weighted by molar-refractivity contribution is 6.31. The van der Waals surface area contributed by atoms with E-state index >= 15 is 4.39 Å². The molecule has 1 fully saturated rings. The van der Waals surface area contributed by atoms with Gasteiger partial charge in [0.1, 0.15) is 17.3 Å². The van der Waals surface area contributed by atoms with Crippen LogP contribution in [0.15, 0.2) is 42.5 Å². The maximum Gasteiger partial charge on any atom is 0.341 e. The van der Waals surface area contributed by atoms with E-state index in [4.69, 9.17) is 21.1 Å². The van der Waals surface area contributed by atoms with E-state index < -0.39 is 17.4 Å². The third kappa shape index (κ3) is 5.73. The topological polar surface area (TPSA) is 38.8 Å². The van der Waals surface area contributed by atoms with Gasteiger partial charge in [-0.05, 0) is 58.7 Å². The number of carbonyl (C=O) groups excluding carboxylic acids is 1. The third-order valence-electron chi connectivity index (χ3n) is 5.18. The number of ether oxygens (including phenoxy) is 2. The molecule has 3 rings (SSSR count). The minimum atomic E-state index is -0.755. The van der Waals surface area contributed by atoms with E-state index in [-0.39, 0.29) is 28.5 Å². The van der Waals surface area contributed by atoms with Gasteiger partial charge < -0.3 is 9.47 Å². The summed E-state index contributed by atoms with van der Waals surface area (Å²) in [6.45, 7) is 9.05. The number of esters is 1. The number of hydrogen-bond donors (Lipinski definition) is 0. The summed E-state index contributed by atoms with van der Waals surface area (Å²) < 4.78 is 26.5. The number of benzene rings is 2. The van der Waals surface area contributed by atoms with Crippen molar-refractivity contribution in [2.24, 2.45) is 0 Å². The summed E-state index contributed by atoms with van der Waals surface area (Å²) in [5, 5.41) is 0.233. The van der Waals surface area contributed by atoms with Crippen LogP contribution >= 0.6 is 11.6 Å². The van der Waals surface area contributed by atoms with Crippen LogP contribution in [0, 0.1) is 5.82 Å². The molecule has 30 heavy (non-hydrogen) atoms. The molecule has 2 atom stereocenters. The Hall–Kier alpha value is -2.11. The Bertz CT molecular complexity index is 882. The van der Waals surface area contributed by atoms with E-state index in [1.165, 1.54) is 17.7 Å². The molecule has 6 heteroatoms. The van der Waals surface area contributed by atoms with Crippen LogP contribution in [-0.2, 0) is 11.3 Å². The van der Waals surface area contributed by atoms with Gasteiger partial charge in [0.15, 0.2) is 11.6 Å². The van der Waals surface area contributed by atoms with Gasteiger partial charge in [0.2, 0.25) is 0 Å². The molecule has 0 aliphatic carbocycles. The van der Waals surface area contributed by atoms with Crippen molar-refractivity contribution in [1.82, 2.24) is 4.90 Å². The molecule has 0 N–H and O–H groups in total. The molecule has 0 radical (unpaired) electrons. The smallest absolute Gasteiger partial charge is 0.341 e. The number of likely N-dealkylation sites (tertiary alicyclic amines) is 1. The fourth-order valence-electron chi connectivity index (χ4n) is 3.67. The van der Waals surface area contributed by atoms with E-state index in [9.17, 15) is 4.79 Å². The summed E-state index contributed by atoms with van der Waals surface area (Å²) >= 11 is 6.16. The first kappa shape index (κ1) is 22.6. The molecule has 1 heterocycles. The quantitative estimate of drug-likeness (QED) is 0.553. The molecule has 1 saturated heterocycles. The summed E-state index contributed by atoms with van der Waals surface area (Å²) in [5.74, 6) is -1.50. The Balaban J connectivity index is 1.77. The number of nitrogens with zero attached hydrogens (tertiary/aromatic N) is 1. The second-order valence-electron chi connectivity index (χ2n) is 8.76. The zero-order valence-corrected chi connectivity index (χ0v) is 18.7. The highest BCUT2D eigenvalue weighted by Crippen LogP contribution is 2.31. The predicted octanol–water partition coefficient (Wildman–Crippen LogP) is 5.87.